The summed E-state index contributed by atoms with van der Waals surface area (Å²) in [5.74, 6) is 1.61. The number of hydrogen-bond donors (Lipinski definition) is 2. The summed E-state index contributed by atoms with van der Waals surface area (Å²) in [6.45, 7) is 10.9. The van der Waals surface area contributed by atoms with Crippen LogP contribution in [0.25, 0.3) is 17.0 Å². The Balaban J connectivity index is 1.72. The van der Waals surface area contributed by atoms with E-state index in [0.29, 0.717) is 71.7 Å². The predicted octanol–water partition coefficient (Wildman–Crippen LogP) is 6.73. The number of aromatic nitrogens is 2. The molecule has 1 saturated carbocycles. The lowest BCUT2D eigenvalue weighted by Crippen LogP contribution is -2.70. The number of hydrogen-bond acceptors (Lipinski definition) is 7. The van der Waals surface area contributed by atoms with Gasteiger partial charge in [0.25, 0.3) is 6.43 Å². The van der Waals surface area contributed by atoms with Gasteiger partial charge >= 0.3 is 0 Å². The van der Waals surface area contributed by atoms with E-state index >= 15 is 0 Å². The average molecular weight is 577 g/mol. The van der Waals surface area contributed by atoms with Gasteiger partial charge in [0, 0.05) is 48.0 Å². The Labute approximate surface area is 240 Å². The van der Waals surface area contributed by atoms with E-state index in [-0.39, 0.29) is 12.0 Å². The van der Waals surface area contributed by atoms with Gasteiger partial charge in [0.15, 0.2) is 5.82 Å². The summed E-state index contributed by atoms with van der Waals surface area (Å²) >= 11 is 6.64. The Kier molecular flexibility index (Phi) is 8.88. The molecule has 1 spiro atoms. The number of methoxy groups -OCH3 is 1. The molecule has 1 aromatic carbocycles. The van der Waals surface area contributed by atoms with Gasteiger partial charge in [-0.15, -0.1) is 0 Å². The number of rotatable bonds is 11. The molecule has 1 saturated heterocycles. The van der Waals surface area contributed by atoms with Crippen molar-refractivity contribution in [3.63, 3.8) is 0 Å². The number of allylic oxidation sites excluding steroid dienone is 2. The summed E-state index contributed by atoms with van der Waals surface area (Å²) in [6.07, 6.45) is -0.981. The van der Waals surface area contributed by atoms with E-state index < -0.39 is 18.1 Å². The maximum Gasteiger partial charge on any atom is 0.267 e. The second-order valence-electron chi connectivity index (χ2n) is 11.5. The fourth-order valence-corrected chi connectivity index (χ4v) is 6.28. The number of ether oxygens (including phenoxy) is 2. The zero-order valence-electron chi connectivity index (χ0n) is 24.1. The normalized spacial score (nSPS) is 17.8. The molecular formula is C30H39ClF2N4O3. The first-order valence-electron chi connectivity index (χ1n) is 13.7. The molecule has 0 amide bonds. The van der Waals surface area contributed by atoms with Crippen molar-refractivity contribution < 1.29 is 23.4 Å². The van der Waals surface area contributed by atoms with Gasteiger partial charge in [0.2, 0.25) is 0 Å². The van der Waals surface area contributed by atoms with Gasteiger partial charge in [-0.25, -0.2) is 18.7 Å². The van der Waals surface area contributed by atoms with E-state index in [1.165, 1.54) is 7.11 Å². The maximum absolute atomic E-state index is 13.6. The van der Waals surface area contributed by atoms with Crippen LogP contribution in [0, 0.1) is 17.7 Å². The topological polar surface area (TPSA) is 91.6 Å². The molecule has 0 unspecified atom stereocenters. The first-order valence-corrected chi connectivity index (χ1v) is 14.0. The smallest absolute Gasteiger partial charge is 0.267 e. The van der Waals surface area contributed by atoms with Gasteiger partial charge in [-0.2, -0.15) is 0 Å². The maximum atomic E-state index is 13.6. The van der Waals surface area contributed by atoms with Crippen LogP contribution < -0.4 is 9.64 Å². The van der Waals surface area contributed by atoms with Crippen LogP contribution >= 0.6 is 11.6 Å². The Bertz CT molecular complexity index is 1300. The van der Waals surface area contributed by atoms with Crippen LogP contribution in [-0.4, -0.2) is 65.7 Å². The van der Waals surface area contributed by atoms with Gasteiger partial charge in [-0.1, -0.05) is 30.5 Å². The standard InChI is InChI=1S/C30H39ClF2N4O3/c1-7-8-20(38)12-40-21-9-10-23(31)22(11-21)26-35-25(24(17(2)3)19(5)34)18(4)27(36-26)37-15-29(16-37)13-30(14-29,39-6)28(32)33/h9-11,20,28,34,38H,7-8,12-16H2,1-6H3/t20-/m1/s1. The molecule has 2 aromatic rings. The first kappa shape index (κ1) is 30.3. The van der Waals surface area contributed by atoms with Crippen molar-refractivity contribution in [2.24, 2.45) is 5.41 Å². The summed E-state index contributed by atoms with van der Waals surface area (Å²) in [4.78, 5) is 11.9. The van der Waals surface area contributed by atoms with Crippen LogP contribution in [0.4, 0.5) is 14.6 Å². The third-order valence-electron chi connectivity index (χ3n) is 7.98. The van der Waals surface area contributed by atoms with E-state index in [0.717, 1.165) is 23.1 Å². The Hall–Kier alpha value is -2.62. The molecule has 1 aromatic heterocycles. The molecule has 40 heavy (non-hydrogen) atoms. The highest BCUT2D eigenvalue weighted by molar-refractivity contribution is 6.33. The van der Waals surface area contributed by atoms with E-state index in [1.54, 1.807) is 25.1 Å². The van der Waals surface area contributed by atoms with E-state index in [1.807, 2.05) is 27.7 Å². The zero-order valence-corrected chi connectivity index (χ0v) is 24.8. The number of anilines is 1. The van der Waals surface area contributed by atoms with Crippen molar-refractivity contribution in [1.82, 2.24) is 9.97 Å². The Morgan fingerprint density at radius 2 is 1.88 bits per heavy atom. The minimum absolute atomic E-state index is 0.159. The first-order chi connectivity index (χ1) is 18.8. The van der Waals surface area contributed by atoms with Gasteiger partial charge < -0.3 is 24.9 Å². The molecule has 7 nitrogen and oxygen atoms in total. The molecule has 2 N–H and O–H groups in total. The van der Waals surface area contributed by atoms with Crippen molar-refractivity contribution >= 4 is 28.7 Å². The van der Waals surface area contributed by atoms with Gasteiger partial charge in [-0.3, -0.25) is 0 Å². The number of nitrogens with one attached hydrogen (secondary N) is 1. The number of aliphatic hydroxyl groups excluding tert-OH is 1. The molecule has 0 bridgehead atoms. The largest absolute Gasteiger partial charge is 0.491 e. The summed E-state index contributed by atoms with van der Waals surface area (Å²) in [6, 6.07) is 5.22. The lowest BCUT2D eigenvalue weighted by molar-refractivity contribution is -0.225. The van der Waals surface area contributed by atoms with E-state index in [2.05, 4.69) is 4.90 Å². The molecule has 1 aliphatic carbocycles. The molecule has 2 fully saturated rings. The summed E-state index contributed by atoms with van der Waals surface area (Å²) in [7, 11) is 1.36. The highest BCUT2D eigenvalue weighted by Crippen LogP contribution is 2.58. The number of benzene rings is 1. The van der Waals surface area contributed by atoms with Gasteiger partial charge in [-0.05, 0) is 65.2 Å². The van der Waals surface area contributed by atoms with E-state index in [9.17, 15) is 13.9 Å². The number of alkyl halides is 2. The minimum Gasteiger partial charge on any atom is -0.491 e. The van der Waals surface area contributed by atoms with Crippen LogP contribution in [0.5, 0.6) is 5.75 Å². The second kappa shape index (κ2) is 11.7. The summed E-state index contributed by atoms with van der Waals surface area (Å²) < 4.78 is 38.3. The Morgan fingerprint density at radius 3 is 2.42 bits per heavy atom. The van der Waals surface area contributed by atoms with Gasteiger partial charge in [0.05, 0.1) is 16.8 Å². The molecular weight excluding hydrogens is 538 g/mol. The van der Waals surface area contributed by atoms with Crippen LogP contribution in [-0.2, 0) is 4.74 Å². The van der Waals surface area contributed by atoms with Crippen LogP contribution in [0.2, 0.25) is 5.02 Å². The molecule has 0 radical (unpaired) electrons. The van der Waals surface area contributed by atoms with Crippen molar-refractivity contribution in [2.45, 2.75) is 78.4 Å². The molecule has 218 valence electrons. The van der Waals surface area contributed by atoms with Crippen molar-refractivity contribution in [3.05, 3.63) is 40.1 Å². The predicted molar refractivity (Wildman–Crippen MR) is 155 cm³/mol. The Morgan fingerprint density at radius 1 is 1.20 bits per heavy atom. The lowest BCUT2D eigenvalue weighted by Gasteiger charge is -2.63. The van der Waals surface area contributed by atoms with E-state index in [4.69, 9.17) is 36.5 Å². The molecule has 2 aliphatic rings. The van der Waals surface area contributed by atoms with Gasteiger partial charge in [0.1, 0.15) is 23.8 Å². The molecule has 1 atom stereocenters. The lowest BCUT2D eigenvalue weighted by atomic mass is 9.55. The van der Waals surface area contributed by atoms with Crippen LogP contribution in [0.3, 0.4) is 0 Å². The fourth-order valence-electron chi connectivity index (χ4n) is 6.08. The third-order valence-corrected chi connectivity index (χ3v) is 8.31. The zero-order chi connectivity index (χ0) is 29.4. The highest BCUT2D eigenvalue weighted by atomic mass is 35.5. The second-order valence-corrected chi connectivity index (χ2v) is 11.9. The number of halogens is 3. The number of nitrogens with zero attached hydrogens (tertiary/aromatic N) is 3. The summed E-state index contributed by atoms with van der Waals surface area (Å²) in [5.41, 5.74) is 2.48. The van der Waals surface area contributed by atoms with Crippen LogP contribution in [0.1, 0.15) is 64.6 Å². The molecule has 10 heteroatoms. The quantitative estimate of drug-likeness (QED) is 0.288. The van der Waals surface area contributed by atoms with Crippen molar-refractivity contribution in [1.29, 1.82) is 5.41 Å². The minimum atomic E-state index is -2.52. The van der Waals surface area contributed by atoms with Crippen molar-refractivity contribution in [3.8, 4) is 17.1 Å². The third kappa shape index (κ3) is 5.74. The van der Waals surface area contributed by atoms with Crippen molar-refractivity contribution in [2.75, 3.05) is 31.7 Å². The molecule has 2 heterocycles. The molecule has 4 rings (SSSR count). The average Bonchev–Trinajstić information content (AvgIpc) is 2.83. The van der Waals surface area contributed by atoms with Crippen LogP contribution in [0.15, 0.2) is 23.8 Å². The fraction of sp³-hybridized carbons (Fsp3) is 0.567. The molecule has 1 aliphatic heterocycles. The highest BCUT2D eigenvalue weighted by Gasteiger charge is 2.64. The SMILES string of the molecule is CCC[C@@H](O)COc1ccc(Cl)c(-c2nc(C(C(C)=N)=C(C)C)c(C)c(N3CC4(C3)CC(OC)(C(F)F)C4)n2)c1. The number of aliphatic hydroxyl groups is 1. The monoisotopic (exact) mass is 576 g/mol. The summed E-state index contributed by atoms with van der Waals surface area (Å²) in [5, 5.41) is 19.0.